The Hall–Kier alpha value is -1.20. The average molecular weight is 291 g/mol. The topological polar surface area (TPSA) is 44.3 Å². The van der Waals surface area contributed by atoms with Gasteiger partial charge in [0.15, 0.2) is 0 Å². The van der Waals surface area contributed by atoms with Gasteiger partial charge in [-0.2, -0.15) is 0 Å². The van der Waals surface area contributed by atoms with Crippen molar-refractivity contribution in [2.45, 2.75) is 46.7 Å². The SMILES string of the molecule is CCNCc1cnc(N2CCN(C(C)CC)CC2)nc1C. The molecule has 1 aromatic rings. The second-order valence-electron chi connectivity index (χ2n) is 5.84. The first kappa shape index (κ1) is 16.2. The molecule has 0 aromatic carbocycles. The molecular formula is C16H29N5. The molecule has 1 fully saturated rings. The summed E-state index contributed by atoms with van der Waals surface area (Å²) in [5.41, 5.74) is 2.28. The predicted molar refractivity (Wildman–Crippen MR) is 87.7 cm³/mol. The zero-order valence-electron chi connectivity index (χ0n) is 13.9. The predicted octanol–water partition coefficient (Wildman–Crippen LogP) is 1.82. The largest absolute Gasteiger partial charge is 0.338 e. The van der Waals surface area contributed by atoms with Crippen molar-refractivity contribution >= 4 is 5.95 Å². The summed E-state index contributed by atoms with van der Waals surface area (Å²) in [7, 11) is 0. The van der Waals surface area contributed by atoms with Gasteiger partial charge in [0.2, 0.25) is 5.95 Å². The zero-order valence-corrected chi connectivity index (χ0v) is 13.9. The van der Waals surface area contributed by atoms with Crippen LogP contribution in [-0.4, -0.2) is 53.6 Å². The van der Waals surface area contributed by atoms with E-state index >= 15 is 0 Å². The van der Waals surface area contributed by atoms with Crippen molar-refractivity contribution < 1.29 is 0 Å². The number of piperazine rings is 1. The molecule has 21 heavy (non-hydrogen) atoms. The van der Waals surface area contributed by atoms with Crippen LogP contribution in [0, 0.1) is 6.92 Å². The molecule has 0 amide bonds. The van der Waals surface area contributed by atoms with Crippen molar-refractivity contribution in [3.63, 3.8) is 0 Å². The summed E-state index contributed by atoms with van der Waals surface area (Å²) in [6.07, 6.45) is 3.19. The first-order valence-electron chi connectivity index (χ1n) is 8.17. The Labute approximate surface area is 128 Å². The summed E-state index contributed by atoms with van der Waals surface area (Å²) < 4.78 is 0. The van der Waals surface area contributed by atoms with Crippen molar-refractivity contribution in [1.29, 1.82) is 0 Å². The lowest BCUT2D eigenvalue weighted by molar-refractivity contribution is 0.192. The summed E-state index contributed by atoms with van der Waals surface area (Å²) in [5.74, 6) is 0.886. The van der Waals surface area contributed by atoms with Gasteiger partial charge in [0.05, 0.1) is 0 Å². The van der Waals surface area contributed by atoms with Crippen LogP contribution in [0.5, 0.6) is 0 Å². The minimum atomic E-state index is 0.678. The Morgan fingerprint density at radius 3 is 2.52 bits per heavy atom. The van der Waals surface area contributed by atoms with Gasteiger partial charge in [-0.25, -0.2) is 9.97 Å². The minimum Gasteiger partial charge on any atom is -0.338 e. The molecule has 1 aliphatic rings. The van der Waals surface area contributed by atoms with Crippen molar-refractivity contribution in [1.82, 2.24) is 20.2 Å². The van der Waals surface area contributed by atoms with Gasteiger partial charge < -0.3 is 10.2 Å². The van der Waals surface area contributed by atoms with Gasteiger partial charge in [-0.1, -0.05) is 13.8 Å². The van der Waals surface area contributed by atoms with Gasteiger partial charge in [-0.3, -0.25) is 4.90 Å². The molecule has 1 aliphatic heterocycles. The van der Waals surface area contributed by atoms with E-state index in [2.05, 4.69) is 47.8 Å². The number of rotatable bonds is 6. The Bertz CT molecular complexity index is 440. The Balaban J connectivity index is 1.96. The zero-order chi connectivity index (χ0) is 15.2. The molecule has 1 N–H and O–H groups in total. The van der Waals surface area contributed by atoms with E-state index in [1.165, 1.54) is 12.0 Å². The number of hydrogen-bond donors (Lipinski definition) is 1. The monoisotopic (exact) mass is 291 g/mol. The van der Waals surface area contributed by atoms with E-state index < -0.39 is 0 Å². The summed E-state index contributed by atoms with van der Waals surface area (Å²) in [5, 5.41) is 3.33. The van der Waals surface area contributed by atoms with Crippen LogP contribution in [0.4, 0.5) is 5.95 Å². The lowest BCUT2D eigenvalue weighted by atomic mass is 10.2. The fraction of sp³-hybridized carbons (Fsp3) is 0.750. The molecule has 5 heteroatoms. The molecule has 1 saturated heterocycles. The smallest absolute Gasteiger partial charge is 0.225 e. The summed E-state index contributed by atoms with van der Waals surface area (Å²) in [6.45, 7) is 14.8. The summed E-state index contributed by atoms with van der Waals surface area (Å²) in [6, 6.07) is 0.678. The number of hydrogen-bond acceptors (Lipinski definition) is 5. The maximum absolute atomic E-state index is 4.70. The highest BCUT2D eigenvalue weighted by molar-refractivity contribution is 5.33. The molecule has 0 bridgehead atoms. The third-order valence-electron chi connectivity index (χ3n) is 4.45. The van der Waals surface area contributed by atoms with Crippen molar-refractivity contribution in [3.05, 3.63) is 17.5 Å². The third kappa shape index (κ3) is 4.14. The van der Waals surface area contributed by atoms with E-state index in [4.69, 9.17) is 4.98 Å². The molecule has 118 valence electrons. The molecule has 2 rings (SSSR count). The molecule has 0 spiro atoms. The second kappa shape index (κ2) is 7.71. The van der Waals surface area contributed by atoms with Crippen LogP contribution in [0.1, 0.15) is 38.4 Å². The summed E-state index contributed by atoms with van der Waals surface area (Å²) >= 11 is 0. The fourth-order valence-corrected chi connectivity index (χ4v) is 2.69. The first-order valence-corrected chi connectivity index (χ1v) is 8.17. The molecule has 2 heterocycles. The molecule has 0 radical (unpaired) electrons. The van der Waals surface area contributed by atoms with Gasteiger partial charge in [-0.05, 0) is 26.8 Å². The standard InChI is InChI=1S/C16H29N5/c1-5-13(3)20-7-9-21(10-8-20)16-18-12-15(11-17-6-2)14(4)19-16/h12-13,17H,5-11H2,1-4H3. The molecule has 0 aliphatic carbocycles. The van der Waals surface area contributed by atoms with Crippen LogP contribution in [0.2, 0.25) is 0 Å². The van der Waals surface area contributed by atoms with Crippen LogP contribution in [0.15, 0.2) is 6.20 Å². The van der Waals surface area contributed by atoms with Crippen LogP contribution in [-0.2, 0) is 6.54 Å². The Morgan fingerprint density at radius 1 is 1.24 bits per heavy atom. The molecular weight excluding hydrogens is 262 g/mol. The Kier molecular flexibility index (Phi) is 5.94. The highest BCUT2D eigenvalue weighted by Gasteiger charge is 2.21. The Morgan fingerprint density at radius 2 is 1.95 bits per heavy atom. The minimum absolute atomic E-state index is 0.678. The molecule has 0 saturated carbocycles. The third-order valence-corrected chi connectivity index (χ3v) is 4.45. The average Bonchev–Trinajstić information content (AvgIpc) is 2.53. The molecule has 1 atom stereocenters. The van der Waals surface area contributed by atoms with Crippen molar-refractivity contribution in [3.8, 4) is 0 Å². The van der Waals surface area contributed by atoms with Gasteiger partial charge in [0.25, 0.3) is 0 Å². The second-order valence-corrected chi connectivity index (χ2v) is 5.84. The molecule has 5 nitrogen and oxygen atoms in total. The van der Waals surface area contributed by atoms with E-state index in [0.717, 1.165) is 50.9 Å². The lowest BCUT2D eigenvalue weighted by Crippen LogP contribution is -2.50. The molecule has 1 unspecified atom stereocenters. The van der Waals surface area contributed by atoms with E-state index in [1.807, 2.05) is 6.20 Å². The van der Waals surface area contributed by atoms with Gasteiger partial charge in [0.1, 0.15) is 0 Å². The number of aryl methyl sites for hydroxylation is 1. The lowest BCUT2D eigenvalue weighted by Gasteiger charge is -2.37. The van der Waals surface area contributed by atoms with Gasteiger partial charge in [-0.15, -0.1) is 0 Å². The van der Waals surface area contributed by atoms with Gasteiger partial charge in [0, 0.05) is 56.2 Å². The number of nitrogens with one attached hydrogen (secondary N) is 1. The number of nitrogens with zero attached hydrogens (tertiary/aromatic N) is 4. The van der Waals surface area contributed by atoms with E-state index in [9.17, 15) is 0 Å². The van der Waals surface area contributed by atoms with E-state index in [1.54, 1.807) is 0 Å². The van der Waals surface area contributed by atoms with E-state index in [0.29, 0.717) is 6.04 Å². The number of anilines is 1. The number of aromatic nitrogens is 2. The van der Waals surface area contributed by atoms with Crippen LogP contribution >= 0.6 is 0 Å². The van der Waals surface area contributed by atoms with Crippen LogP contribution < -0.4 is 10.2 Å². The highest BCUT2D eigenvalue weighted by Crippen LogP contribution is 2.15. The van der Waals surface area contributed by atoms with Crippen LogP contribution in [0.25, 0.3) is 0 Å². The highest BCUT2D eigenvalue weighted by atomic mass is 15.3. The quantitative estimate of drug-likeness (QED) is 0.866. The first-order chi connectivity index (χ1) is 10.2. The van der Waals surface area contributed by atoms with Crippen molar-refractivity contribution in [2.24, 2.45) is 0 Å². The van der Waals surface area contributed by atoms with E-state index in [-0.39, 0.29) is 0 Å². The fourth-order valence-electron chi connectivity index (χ4n) is 2.69. The maximum atomic E-state index is 4.70. The van der Waals surface area contributed by atoms with Crippen molar-refractivity contribution in [2.75, 3.05) is 37.6 Å². The maximum Gasteiger partial charge on any atom is 0.225 e. The summed E-state index contributed by atoms with van der Waals surface area (Å²) in [4.78, 5) is 14.1. The van der Waals surface area contributed by atoms with Gasteiger partial charge >= 0.3 is 0 Å². The molecule has 1 aromatic heterocycles. The normalized spacial score (nSPS) is 18.0. The van der Waals surface area contributed by atoms with Crippen LogP contribution in [0.3, 0.4) is 0 Å².